The Bertz CT molecular complexity index is 641. The number of fused-ring (bicyclic) bond motifs is 1. The molecule has 4 nitrogen and oxygen atoms in total. The molecule has 19 heavy (non-hydrogen) atoms. The number of carbonyl (C=O) groups excluding carboxylic acids is 1. The molecule has 0 fully saturated rings. The van der Waals surface area contributed by atoms with Crippen molar-refractivity contribution in [2.24, 2.45) is 0 Å². The molecular weight excluding hydrogens is 313 g/mol. The van der Waals surface area contributed by atoms with E-state index in [-0.39, 0.29) is 11.7 Å². The molecule has 0 bridgehead atoms. The minimum atomic E-state index is -0.363. The van der Waals surface area contributed by atoms with Crippen LogP contribution in [0, 0.1) is 5.82 Å². The molecule has 6 heteroatoms. The molecular formula is C13H11BrFN3O. The number of nitrogens with zero attached hydrogens (tertiary/aromatic N) is 3. The lowest BCUT2D eigenvalue weighted by Gasteiger charge is -2.28. The third-order valence-corrected chi connectivity index (χ3v) is 3.85. The van der Waals surface area contributed by atoms with Crippen LogP contribution in [0.25, 0.3) is 0 Å². The molecule has 0 saturated carbocycles. The largest absolute Gasteiger partial charge is 0.332 e. The van der Waals surface area contributed by atoms with Gasteiger partial charge >= 0.3 is 0 Å². The average molecular weight is 324 g/mol. The summed E-state index contributed by atoms with van der Waals surface area (Å²) in [7, 11) is 0. The van der Waals surface area contributed by atoms with Crippen LogP contribution in [0.15, 0.2) is 35.1 Å². The lowest BCUT2D eigenvalue weighted by molar-refractivity contribution is 0.0706. The predicted molar refractivity (Wildman–Crippen MR) is 71.1 cm³/mol. The van der Waals surface area contributed by atoms with Gasteiger partial charge in [0.25, 0.3) is 5.91 Å². The Morgan fingerprint density at radius 1 is 1.37 bits per heavy atom. The molecule has 0 radical (unpaired) electrons. The van der Waals surface area contributed by atoms with Crippen LogP contribution in [-0.2, 0) is 13.1 Å². The number of amides is 1. The number of rotatable bonds is 1. The summed E-state index contributed by atoms with van der Waals surface area (Å²) in [4.78, 5) is 18.3. The van der Waals surface area contributed by atoms with E-state index in [1.165, 1.54) is 18.2 Å². The van der Waals surface area contributed by atoms with E-state index in [9.17, 15) is 9.18 Å². The second-order valence-electron chi connectivity index (χ2n) is 4.39. The highest BCUT2D eigenvalue weighted by molar-refractivity contribution is 9.10. The molecule has 1 aromatic carbocycles. The van der Waals surface area contributed by atoms with Gasteiger partial charge in [0, 0.05) is 30.0 Å². The fraction of sp³-hybridized carbons (Fsp3) is 0.231. The summed E-state index contributed by atoms with van der Waals surface area (Å²) in [6, 6.07) is 4.10. The zero-order valence-electron chi connectivity index (χ0n) is 10.0. The molecule has 0 unspecified atom stereocenters. The Morgan fingerprint density at radius 3 is 3.00 bits per heavy atom. The highest BCUT2D eigenvalue weighted by Crippen LogP contribution is 2.21. The zero-order valence-corrected chi connectivity index (χ0v) is 11.6. The number of halogens is 2. The van der Waals surface area contributed by atoms with Gasteiger partial charge in [0.15, 0.2) is 0 Å². The molecule has 98 valence electrons. The monoisotopic (exact) mass is 323 g/mol. The van der Waals surface area contributed by atoms with Crippen LogP contribution in [0.3, 0.4) is 0 Å². The van der Waals surface area contributed by atoms with Crippen molar-refractivity contribution in [2.45, 2.75) is 13.1 Å². The Kier molecular flexibility index (Phi) is 3.10. The number of carbonyl (C=O) groups is 1. The number of benzene rings is 1. The van der Waals surface area contributed by atoms with Crippen molar-refractivity contribution in [3.05, 3.63) is 52.3 Å². The SMILES string of the molecule is O=C(c1ccc(F)cc1Br)N1CCn2ccnc2C1. The van der Waals surface area contributed by atoms with Gasteiger partial charge in [0.05, 0.1) is 12.1 Å². The summed E-state index contributed by atoms with van der Waals surface area (Å²) in [5, 5.41) is 0. The Balaban J connectivity index is 1.85. The van der Waals surface area contributed by atoms with Gasteiger partial charge in [-0.1, -0.05) is 0 Å². The molecule has 1 amide bonds. The van der Waals surface area contributed by atoms with E-state index in [1.807, 2.05) is 10.8 Å². The van der Waals surface area contributed by atoms with E-state index < -0.39 is 0 Å². The van der Waals surface area contributed by atoms with Crippen LogP contribution in [-0.4, -0.2) is 26.9 Å². The van der Waals surface area contributed by atoms with Crippen LogP contribution >= 0.6 is 15.9 Å². The normalized spacial score (nSPS) is 14.3. The molecule has 1 aliphatic rings. The summed E-state index contributed by atoms with van der Waals surface area (Å²) < 4.78 is 15.5. The molecule has 2 aromatic rings. The summed E-state index contributed by atoms with van der Waals surface area (Å²) >= 11 is 3.23. The highest BCUT2D eigenvalue weighted by atomic mass is 79.9. The standard InChI is InChI=1S/C13H11BrFN3O/c14-11-7-9(15)1-2-10(11)13(19)18-6-5-17-4-3-16-12(17)8-18/h1-4,7H,5-6,8H2. The zero-order chi connectivity index (χ0) is 13.4. The molecule has 0 N–H and O–H groups in total. The maximum Gasteiger partial charge on any atom is 0.255 e. The Labute approximate surface area is 118 Å². The lowest BCUT2D eigenvalue weighted by Crippen LogP contribution is -2.38. The van der Waals surface area contributed by atoms with Crippen molar-refractivity contribution < 1.29 is 9.18 Å². The van der Waals surface area contributed by atoms with E-state index >= 15 is 0 Å². The molecule has 1 aliphatic heterocycles. The van der Waals surface area contributed by atoms with Crippen LogP contribution in [0.5, 0.6) is 0 Å². The predicted octanol–water partition coefficient (Wildman–Crippen LogP) is 2.44. The lowest BCUT2D eigenvalue weighted by atomic mass is 10.2. The average Bonchev–Trinajstić information content (AvgIpc) is 2.85. The van der Waals surface area contributed by atoms with Gasteiger partial charge in [-0.05, 0) is 34.1 Å². The first-order valence-electron chi connectivity index (χ1n) is 5.89. The van der Waals surface area contributed by atoms with Gasteiger partial charge < -0.3 is 9.47 Å². The topological polar surface area (TPSA) is 38.1 Å². The fourth-order valence-corrected chi connectivity index (χ4v) is 2.70. The molecule has 2 heterocycles. The van der Waals surface area contributed by atoms with Crippen molar-refractivity contribution in [3.8, 4) is 0 Å². The van der Waals surface area contributed by atoms with Gasteiger partial charge in [0.1, 0.15) is 11.6 Å². The van der Waals surface area contributed by atoms with Gasteiger partial charge in [0.2, 0.25) is 0 Å². The molecule has 0 spiro atoms. The Hall–Kier alpha value is -1.69. The molecule has 3 rings (SSSR count). The minimum absolute atomic E-state index is 0.110. The van der Waals surface area contributed by atoms with Crippen molar-refractivity contribution >= 4 is 21.8 Å². The summed E-state index contributed by atoms with van der Waals surface area (Å²) in [6.45, 7) is 1.85. The number of hydrogen-bond acceptors (Lipinski definition) is 2. The summed E-state index contributed by atoms with van der Waals surface area (Å²) in [5.74, 6) is 0.400. The van der Waals surface area contributed by atoms with Gasteiger partial charge in [-0.15, -0.1) is 0 Å². The molecule has 0 atom stereocenters. The smallest absolute Gasteiger partial charge is 0.255 e. The minimum Gasteiger partial charge on any atom is -0.332 e. The van der Waals surface area contributed by atoms with E-state index in [0.717, 1.165) is 12.4 Å². The van der Waals surface area contributed by atoms with Gasteiger partial charge in [-0.25, -0.2) is 9.37 Å². The first-order valence-corrected chi connectivity index (χ1v) is 6.69. The second kappa shape index (κ2) is 4.77. The summed E-state index contributed by atoms with van der Waals surface area (Å²) in [5.41, 5.74) is 0.474. The number of imidazole rings is 1. The van der Waals surface area contributed by atoms with Crippen LogP contribution in [0.2, 0.25) is 0 Å². The van der Waals surface area contributed by atoms with E-state index in [0.29, 0.717) is 23.1 Å². The van der Waals surface area contributed by atoms with Crippen molar-refractivity contribution in [3.63, 3.8) is 0 Å². The maximum absolute atomic E-state index is 13.0. The Morgan fingerprint density at radius 2 is 2.21 bits per heavy atom. The fourth-order valence-electron chi connectivity index (χ4n) is 2.18. The van der Waals surface area contributed by atoms with Gasteiger partial charge in [-0.2, -0.15) is 0 Å². The third kappa shape index (κ3) is 2.28. The first kappa shape index (κ1) is 12.3. The maximum atomic E-state index is 13.0. The van der Waals surface area contributed by atoms with Crippen LogP contribution in [0.4, 0.5) is 4.39 Å². The van der Waals surface area contributed by atoms with E-state index in [1.54, 1.807) is 11.1 Å². The van der Waals surface area contributed by atoms with Crippen molar-refractivity contribution in [1.29, 1.82) is 0 Å². The van der Waals surface area contributed by atoms with Crippen LogP contribution < -0.4 is 0 Å². The highest BCUT2D eigenvalue weighted by Gasteiger charge is 2.23. The van der Waals surface area contributed by atoms with Crippen LogP contribution in [0.1, 0.15) is 16.2 Å². The molecule has 0 saturated heterocycles. The van der Waals surface area contributed by atoms with Gasteiger partial charge in [-0.3, -0.25) is 4.79 Å². The third-order valence-electron chi connectivity index (χ3n) is 3.19. The first-order chi connectivity index (χ1) is 9.15. The van der Waals surface area contributed by atoms with Crippen molar-refractivity contribution in [1.82, 2.24) is 14.5 Å². The summed E-state index contributed by atoms with van der Waals surface area (Å²) in [6.07, 6.45) is 3.64. The van der Waals surface area contributed by atoms with E-state index in [4.69, 9.17) is 0 Å². The molecule has 0 aliphatic carbocycles. The second-order valence-corrected chi connectivity index (χ2v) is 5.24. The quantitative estimate of drug-likeness (QED) is 0.808. The molecule has 1 aromatic heterocycles. The van der Waals surface area contributed by atoms with Crippen molar-refractivity contribution in [2.75, 3.05) is 6.54 Å². The number of hydrogen-bond donors (Lipinski definition) is 0. The number of aromatic nitrogens is 2. The van der Waals surface area contributed by atoms with E-state index in [2.05, 4.69) is 20.9 Å².